The minimum absolute atomic E-state index is 0.280. The molecule has 0 radical (unpaired) electrons. The number of ether oxygens (including phenoxy) is 1. The van der Waals surface area contributed by atoms with Crippen molar-refractivity contribution >= 4 is 6.29 Å². The van der Waals surface area contributed by atoms with Crippen LogP contribution in [0.2, 0.25) is 0 Å². The summed E-state index contributed by atoms with van der Waals surface area (Å²) >= 11 is 0. The van der Waals surface area contributed by atoms with Crippen molar-refractivity contribution in [3.05, 3.63) is 47.4 Å². The predicted octanol–water partition coefficient (Wildman–Crippen LogP) is 2.26. The molecule has 18 heavy (non-hydrogen) atoms. The lowest BCUT2D eigenvalue weighted by atomic mass is 10.1. The first kappa shape index (κ1) is 11.7. The zero-order valence-corrected chi connectivity index (χ0v) is 9.62. The molecule has 0 bridgehead atoms. The molecule has 0 fully saturated rings. The third-order valence-corrected chi connectivity index (χ3v) is 2.23. The van der Waals surface area contributed by atoms with E-state index in [-0.39, 0.29) is 5.56 Å². The van der Waals surface area contributed by atoms with Crippen molar-refractivity contribution in [3.8, 4) is 17.7 Å². The predicted molar refractivity (Wildman–Crippen MR) is 63.4 cm³/mol. The van der Waals surface area contributed by atoms with Gasteiger partial charge >= 0.3 is 0 Å². The number of nitriles is 1. The summed E-state index contributed by atoms with van der Waals surface area (Å²) < 4.78 is 5.44. The second-order valence-corrected chi connectivity index (χ2v) is 3.58. The van der Waals surface area contributed by atoms with E-state index < -0.39 is 0 Å². The van der Waals surface area contributed by atoms with Crippen molar-refractivity contribution in [2.24, 2.45) is 0 Å². The van der Waals surface area contributed by atoms with E-state index >= 15 is 0 Å². The number of carbonyl (C=O) groups is 1. The molecule has 0 amide bonds. The number of rotatable bonds is 3. The van der Waals surface area contributed by atoms with Gasteiger partial charge in [-0.3, -0.25) is 9.78 Å². The van der Waals surface area contributed by atoms with Crippen LogP contribution in [0.4, 0.5) is 0 Å². The molecule has 0 atom stereocenters. The van der Waals surface area contributed by atoms with E-state index in [9.17, 15) is 4.79 Å². The van der Waals surface area contributed by atoms with Crippen molar-refractivity contribution in [2.75, 3.05) is 0 Å². The highest BCUT2D eigenvalue weighted by molar-refractivity contribution is 5.76. The van der Waals surface area contributed by atoms with Gasteiger partial charge in [-0.2, -0.15) is 5.26 Å². The third-order valence-electron chi connectivity index (χ3n) is 2.23. The van der Waals surface area contributed by atoms with Crippen molar-refractivity contribution in [1.82, 2.24) is 9.97 Å². The van der Waals surface area contributed by atoms with Crippen LogP contribution in [0.15, 0.2) is 30.6 Å². The van der Waals surface area contributed by atoms with Gasteiger partial charge in [0.15, 0.2) is 0 Å². The molecule has 2 rings (SSSR count). The third kappa shape index (κ3) is 2.50. The normalized spacial score (nSPS) is 9.56. The van der Waals surface area contributed by atoms with Gasteiger partial charge in [0, 0.05) is 5.56 Å². The molecule has 0 aliphatic carbocycles. The Morgan fingerprint density at radius 1 is 1.33 bits per heavy atom. The quantitative estimate of drug-likeness (QED) is 0.768. The van der Waals surface area contributed by atoms with Gasteiger partial charge in [-0.05, 0) is 25.1 Å². The van der Waals surface area contributed by atoms with Crippen LogP contribution in [-0.4, -0.2) is 16.3 Å². The molecule has 1 heterocycles. The molecular weight excluding hydrogens is 230 g/mol. The van der Waals surface area contributed by atoms with Gasteiger partial charge in [0.25, 0.3) is 0 Å². The highest BCUT2D eigenvalue weighted by Gasteiger charge is 2.06. The van der Waals surface area contributed by atoms with E-state index in [0.717, 1.165) is 5.69 Å². The Morgan fingerprint density at radius 3 is 2.78 bits per heavy atom. The van der Waals surface area contributed by atoms with Gasteiger partial charge in [-0.25, -0.2) is 4.98 Å². The maximum atomic E-state index is 10.6. The fourth-order valence-electron chi connectivity index (χ4n) is 1.34. The number of aromatic nitrogens is 2. The van der Waals surface area contributed by atoms with Gasteiger partial charge in [-0.15, -0.1) is 0 Å². The SMILES string of the molecule is Cc1cnc(Oc2ccc(C=O)cc2C#N)cn1. The Hall–Kier alpha value is -2.74. The van der Waals surface area contributed by atoms with Gasteiger partial charge < -0.3 is 4.74 Å². The first-order chi connectivity index (χ1) is 8.72. The monoisotopic (exact) mass is 239 g/mol. The number of benzene rings is 1. The maximum absolute atomic E-state index is 10.6. The van der Waals surface area contributed by atoms with Crippen molar-refractivity contribution < 1.29 is 9.53 Å². The van der Waals surface area contributed by atoms with E-state index in [4.69, 9.17) is 10.00 Å². The number of carbonyl (C=O) groups excluding carboxylic acids is 1. The van der Waals surface area contributed by atoms with Gasteiger partial charge in [0.2, 0.25) is 5.88 Å². The topological polar surface area (TPSA) is 75.9 Å². The molecule has 0 saturated carbocycles. The van der Waals surface area contributed by atoms with Crippen molar-refractivity contribution in [3.63, 3.8) is 0 Å². The molecule has 5 heteroatoms. The van der Waals surface area contributed by atoms with Crippen LogP contribution in [0, 0.1) is 18.3 Å². The average molecular weight is 239 g/mol. The minimum atomic E-state index is 0.280. The average Bonchev–Trinajstić information content (AvgIpc) is 2.41. The van der Waals surface area contributed by atoms with E-state index in [1.807, 2.05) is 13.0 Å². The van der Waals surface area contributed by atoms with Crippen LogP contribution in [-0.2, 0) is 0 Å². The van der Waals surface area contributed by atoms with Crippen LogP contribution < -0.4 is 4.74 Å². The Bertz CT molecular complexity index is 615. The number of aryl methyl sites for hydroxylation is 1. The van der Waals surface area contributed by atoms with E-state index in [1.165, 1.54) is 12.3 Å². The van der Waals surface area contributed by atoms with E-state index in [2.05, 4.69) is 9.97 Å². The number of nitrogens with zero attached hydrogens (tertiary/aromatic N) is 3. The highest BCUT2D eigenvalue weighted by atomic mass is 16.5. The molecule has 0 N–H and O–H groups in total. The first-order valence-corrected chi connectivity index (χ1v) is 5.19. The lowest BCUT2D eigenvalue weighted by molar-refractivity contribution is 0.112. The summed E-state index contributed by atoms with van der Waals surface area (Å²) in [5, 5.41) is 8.98. The molecule has 0 unspecified atom stereocenters. The van der Waals surface area contributed by atoms with E-state index in [0.29, 0.717) is 23.5 Å². The Kier molecular flexibility index (Phi) is 3.30. The molecule has 0 saturated heterocycles. The lowest BCUT2D eigenvalue weighted by Crippen LogP contribution is -1.93. The summed E-state index contributed by atoms with van der Waals surface area (Å²) in [4.78, 5) is 18.7. The van der Waals surface area contributed by atoms with Crippen LogP contribution in [0.5, 0.6) is 11.6 Å². The van der Waals surface area contributed by atoms with E-state index in [1.54, 1.807) is 18.3 Å². The summed E-state index contributed by atoms with van der Waals surface area (Å²) in [6.07, 6.45) is 3.72. The Balaban J connectivity index is 2.31. The van der Waals surface area contributed by atoms with Crippen LogP contribution in [0.1, 0.15) is 21.6 Å². The van der Waals surface area contributed by atoms with Crippen LogP contribution in [0.3, 0.4) is 0 Å². The second-order valence-electron chi connectivity index (χ2n) is 3.58. The molecule has 1 aromatic carbocycles. The second kappa shape index (κ2) is 5.06. The number of aldehydes is 1. The molecular formula is C13H9N3O2. The zero-order chi connectivity index (χ0) is 13.0. The standard InChI is InChI=1S/C13H9N3O2/c1-9-6-16-13(7-15-9)18-12-3-2-10(8-17)4-11(12)5-14/h2-4,6-8H,1H3. The lowest BCUT2D eigenvalue weighted by Gasteiger charge is -2.06. The van der Waals surface area contributed by atoms with Gasteiger partial charge in [0.05, 0.1) is 23.7 Å². The fraction of sp³-hybridized carbons (Fsp3) is 0.0769. The zero-order valence-electron chi connectivity index (χ0n) is 9.62. The summed E-state index contributed by atoms with van der Waals surface area (Å²) in [6, 6.07) is 6.57. The summed E-state index contributed by atoms with van der Waals surface area (Å²) in [7, 11) is 0. The first-order valence-electron chi connectivity index (χ1n) is 5.19. The molecule has 0 aliphatic heterocycles. The molecule has 0 spiro atoms. The molecule has 5 nitrogen and oxygen atoms in total. The van der Waals surface area contributed by atoms with Crippen LogP contribution >= 0.6 is 0 Å². The molecule has 1 aromatic heterocycles. The number of hydrogen-bond acceptors (Lipinski definition) is 5. The number of hydrogen-bond donors (Lipinski definition) is 0. The Labute approximate surface area is 104 Å². The smallest absolute Gasteiger partial charge is 0.237 e. The van der Waals surface area contributed by atoms with Crippen LogP contribution in [0.25, 0.3) is 0 Å². The molecule has 0 aliphatic rings. The summed E-state index contributed by atoms with van der Waals surface area (Å²) in [5.41, 5.74) is 1.48. The highest BCUT2D eigenvalue weighted by Crippen LogP contribution is 2.23. The molecule has 2 aromatic rings. The van der Waals surface area contributed by atoms with Gasteiger partial charge in [-0.1, -0.05) is 0 Å². The minimum Gasteiger partial charge on any atom is -0.436 e. The fourth-order valence-corrected chi connectivity index (χ4v) is 1.34. The van der Waals surface area contributed by atoms with Crippen molar-refractivity contribution in [2.45, 2.75) is 6.92 Å². The maximum Gasteiger partial charge on any atom is 0.237 e. The van der Waals surface area contributed by atoms with Crippen molar-refractivity contribution in [1.29, 1.82) is 5.26 Å². The summed E-state index contributed by atoms with van der Waals surface area (Å²) in [5.74, 6) is 0.650. The van der Waals surface area contributed by atoms with Gasteiger partial charge in [0.1, 0.15) is 18.1 Å². The summed E-state index contributed by atoms with van der Waals surface area (Å²) in [6.45, 7) is 1.82. The molecule has 88 valence electrons. The largest absolute Gasteiger partial charge is 0.436 e. The Morgan fingerprint density at radius 2 is 2.17 bits per heavy atom.